The predicted octanol–water partition coefficient (Wildman–Crippen LogP) is 1.84. The predicted molar refractivity (Wildman–Crippen MR) is 68.1 cm³/mol. The van der Waals surface area contributed by atoms with Crippen LogP contribution in [-0.4, -0.2) is 36.1 Å². The molecule has 0 N–H and O–H groups in total. The highest BCUT2D eigenvalue weighted by molar-refractivity contribution is 5.41. The first-order valence-corrected chi connectivity index (χ1v) is 5.93. The molecule has 1 atom stereocenters. The van der Waals surface area contributed by atoms with Crippen molar-refractivity contribution in [3.63, 3.8) is 0 Å². The standard InChI is InChI=1S/C14H18N2O/c1-4-5-12-8-14(9-15-11(12)2)17-10-13-6-7-16(13)3/h8-9,13H,6-7,10H2,1-3H3. The molecule has 1 unspecified atom stereocenters. The number of aryl methyl sites for hydroxylation is 1. The molecule has 0 aliphatic carbocycles. The van der Waals surface area contributed by atoms with Crippen LogP contribution in [0.2, 0.25) is 0 Å². The lowest BCUT2D eigenvalue weighted by atomic mass is 10.1. The van der Waals surface area contributed by atoms with Crippen molar-refractivity contribution in [3.05, 3.63) is 23.5 Å². The van der Waals surface area contributed by atoms with Crippen molar-refractivity contribution in [2.24, 2.45) is 0 Å². The van der Waals surface area contributed by atoms with Crippen LogP contribution >= 0.6 is 0 Å². The van der Waals surface area contributed by atoms with Gasteiger partial charge in [0.05, 0.1) is 11.9 Å². The molecule has 1 aromatic heterocycles. The zero-order valence-corrected chi connectivity index (χ0v) is 10.7. The fourth-order valence-electron chi connectivity index (χ4n) is 1.83. The van der Waals surface area contributed by atoms with Crippen LogP contribution in [0.15, 0.2) is 12.3 Å². The fourth-order valence-corrected chi connectivity index (χ4v) is 1.83. The molecule has 0 bridgehead atoms. The van der Waals surface area contributed by atoms with E-state index in [4.69, 9.17) is 4.74 Å². The van der Waals surface area contributed by atoms with Crippen molar-refractivity contribution in [2.75, 3.05) is 20.2 Å². The second-order valence-electron chi connectivity index (χ2n) is 4.41. The molecule has 0 spiro atoms. The summed E-state index contributed by atoms with van der Waals surface area (Å²) < 4.78 is 5.75. The van der Waals surface area contributed by atoms with Gasteiger partial charge in [-0.2, -0.15) is 0 Å². The summed E-state index contributed by atoms with van der Waals surface area (Å²) in [6.07, 6.45) is 2.99. The van der Waals surface area contributed by atoms with Gasteiger partial charge in [0.2, 0.25) is 0 Å². The normalized spacial score (nSPS) is 19.1. The van der Waals surface area contributed by atoms with Crippen LogP contribution in [0.3, 0.4) is 0 Å². The second kappa shape index (κ2) is 5.20. The van der Waals surface area contributed by atoms with Crippen molar-refractivity contribution < 1.29 is 4.74 Å². The molecule has 90 valence electrons. The summed E-state index contributed by atoms with van der Waals surface area (Å²) in [5, 5.41) is 0. The quantitative estimate of drug-likeness (QED) is 0.741. The van der Waals surface area contributed by atoms with Crippen LogP contribution in [0.25, 0.3) is 0 Å². The summed E-state index contributed by atoms with van der Waals surface area (Å²) in [6.45, 7) is 5.70. The number of ether oxygens (including phenoxy) is 1. The molecule has 3 nitrogen and oxygen atoms in total. The smallest absolute Gasteiger partial charge is 0.138 e. The molecule has 2 rings (SSSR count). The number of nitrogens with zero attached hydrogens (tertiary/aromatic N) is 2. The minimum Gasteiger partial charge on any atom is -0.490 e. The van der Waals surface area contributed by atoms with Crippen LogP contribution in [-0.2, 0) is 0 Å². The molecule has 0 aromatic carbocycles. The Bertz CT molecular complexity index is 459. The summed E-state index contributed by atoms with van der Waals surface area (Å²) in [4.78, 5) is 6.60. The summed E-state index contributed by atoms with van der Waals surface area (Å²) >= 11 is 0. The lowest BCUT2D eigenvalue weighted by Crippen LogP contribution is -2.48. The average Bonchev–Trinajstić information content (AvgIpc) is 2.32. The second-order valence-corrected chi connectivity index (χ2v) is 4.41. The van der Waals surface area contributed by atoms with E-state index in [9.17, 15) is 0 Å². The van der Waals surface area contributed by atoms with E-state index in [1.54, 1.807) is 6.20 Å². The number of likely N-dealkylation sites (N-methyl/N-ethyl adjacent to an activating group) is 1. The van der Waals surface area contributed by atoms with E-state index in [1.807, 2.05) is 19.9 Å². The minimum atomic E-state index is 0.553. The van der Waals surface area contributed by atoms with Gasteiger partial charge >= 0.3 is 0 Å². The van der Waals surface area contributed by atoms with Gasteiger partial charge in [-0.3, -0.25) is 9.88 Å². The third-order valence-corrected chi connectivity index (χ3v) is 3.20. The Morgan fingerprint density at radius 3 is 3.00 bits per heavy atom. The molecule has 3 heteroatoms. The maximum atomic E-state index is 5.75. The van der Waals surface area contributed by atoms with E-state index in [-0.39, 0.29) is 0 Å². The van der Waals surface area contributed by atoms with Crippen LogP contribution in [0, 0.1) is 18.8 Å². The molecule has 1 aromatic rings. The highest BCUT2D eigenvalue weighted by atomic mass is 16.5. The van der Waals surface area contributed by atoms with E-state index >= 15 is 0 Å². The maximum absolute atomic E-state index is 5.75. The number of rotatable bonds is 3. The maximum Gasteiger partial charge on any atom is 0.138 e. The number of aromatic nitrogens is 1. The van der Waals surface area contributed by atoms with Gasteiger partial charge in [0.25, 0.3) is 0 Å². The Balaban J connectivity index is 2.00. The van der Waals surface area contributed by atoms with Gasteiger partial charge in [-0.25, -0.2) is 0 Å². The highest BCUT2D eigenvalue weighted by Gasteiger charge is 2.24. The van der Waals surface area contributed by atoms with E-state index < -0.39 is 0 Å². The summed E-state index contributed by atoms with van der Waals surface area (Å²) in [5.41, 5.74) is 1.90. The molecule has 1 saturated heterocycles. The van der Waals surface area contributed by atoms with Crippen LogP contribution in [0.1, 0.15) is 24.6 Å². The third kappa shape index (κ3) is 2.78. The molecule has 17 heavy (non-hydrogen) atoms. The van der Waals surface area contributed by atoms with Crippen molar-refractivity contribution in [1.82, 2.24) is 9.88 Å². The first-order chi connectivity index (χ1) is 8.20. The van der Waals surface area contributed by atoms with Gasteiger partial charge < -0.3 is 4.74 Å². The van der Waals surface area contributed by atoms with Gasteiger partial charge in [-0.15, -0.1) is 5.92 Å². The summed E-state index contributed by atoms with van der Waals surface area (Å²) in [6, 6.07) is 2.52. The van der Waals surface area contributed by atoms with Crippen molar-refractivity contribution in [1.29, 1.82) is 0 Å². The van der Waals surface area contributed by atoms with E-state index in [0.717, 1.165) is 23.6 Å². The number of likely N-dealkylation sites (tertiary alicyclic amines) is 1. The summed E-state index contributed by atoms with van der Waals surface area (Å²) in [7, 11) is 2.12. The Morgan fingerprint density at radius 2 is 2.41 bits per heavy atom. The van der Waals surface area contributed by atoms with E-state index in [1.165, 1.54) is 13.0 Å². The molecule has 2 heterocycles. The van der Waals surface area contributed by atoms with Crippen LogP contribution < -0.4 is 4.74 Å². The van der Waals surface area contributed by atoms with Crippen LogP contribution in [0.4, 0.5) is 0 Å². The fraction of sp³-hybridized carbons (Fsp3) is 0.500. The SMILES string of the molecule is CC#Cc1cc(OCC2CCN2C)cnc1C. The molecule has 1 fully saturated rings. The lowest BCUT2D eigenvalue weighted by Gasteiger charge is -2.37. The lowest BCUT2D eigenvalue weighted by molar-refractivity contribution is 0.0767. The number of pyridine rings is 1. The molecule has 1 aliphatic rings. The average molecular weight is 230 g/mol. The highest BCUT2D eigenvalue weighted by Crippen LogP contribution is 2.18. The van der Waals surface area contributed by atoms with Crippen molar-refractivity contribution in [3.8, 4) is 17.6 Å². The van der Waals surface area contributed by atoms with Crippen molar-refractivity contribution in [2.45, 2.75) is 26.3 Å². The minimum absolute atomic E-state index is 0.553. The zero-order chi connectivity index (χ0) is 12.3. The molecular weight excluding hydrogens is 212 g/mol. The molecular formula is C14H18N2O. The van der Waals surface area contributed by atoms with Crippen LogP contribution in [0.5, 0.6) is 5.75 Å². The third-order valence-electron chi connectivity index (χ3n) is 3.20. The van der Waals surface area contributed by atoms with Gasteiger partial charge in [0.15, 0.2) is 0 Å². The van der Waals surface area contributed by atoms with Gasteiger partial charge in [-0.1, -0.05) is 5.92 Å². The number of hydrogen-bond donors (Lipinski definition) is 0. The number of hydrogen-bond acceptors (Lipinski definition) is 3. The zero-order valence-electron chi connectivity index (χ0n) is 10.7. The molecule has 0 radical (unpaired) electrons. The van der Waals surface area contributed by atoms with Crippen molar-refractivity contribution >= 4 is 0 Å². The molecule has 1 aliphatic heterocycles. The monoisotopic (exact) mass is 230 g/mol. The summed E-state index contributed by atoms with van der Waals surface area (Å²) in [5.74, 6) is 6.74. The first-order valence-electron chi connectivity index (χ1n) is 5.93. The Morgan fingerprint density at radius 1 is 1.59 bits per heavy atom. The van der Waals surface area contributed by atoms with Gasteiger partial charge in [0, 0.05) is 11.6 Å². The topological polar surface area (TPSA) is 25.4 Å². The largest absolute Gasteiger partial charge is 0.490 e. The van der Waals surface area contributed by atoms with E-state index in [0.29, 0.717) is 6.04 Å². The Labute approximate surface area is 103 Å². The first kappa shape index (κ1) is 11.9. The van der Waals surface area contributed by atoms with E-state index in [2.05, 4.69) is 28.8 Å². The Kier molecular flexibility index (Phi) is 3.65. The van der Waals surface area contributed by atoms with Gasteiger partial charge in [-0.05, 0) is 39.9 Å². The Hall–Kier alpha value is -1.53. The van der Waals surface area contributed by atoms with Gasteiger partial charge in [0.1, 0.15) is 12.4 Å². The molecule has 0 amide bonds. The molecule has 0 saturated carbocycles.